The lowest BCUT2D eigenvalue weighted by Gasteiger charge is -2.35. The quantitative estimate of drug-likeness (QED) is 0.393. The van der Waals surface area contributed by atoms with E-state index in [0.29, 0.717) is 11.5 Å². The molecule has 2 nitrogen and oxygen atoms in total. The molecule has 1 fully saturated rings. The van der Waals surface area contributed by atoms with Crippen molar-refractivity contribution in [2.24, 2.45) is 11.3 Å². The number of rotatable bonds is 4. The Morgan fingerprint density at radius 2 is 2.15 bits per heavy atom. The van der Waals surface area contributed by atoms with Crippen LogP contribution >= 0.6 is 0 Å². The number of terminal acetylenes is 1. The maximum absolute atomic E-state index is 5.55. The molecule has 74 valence electrons. The standard InChI is InChI=1S/C11H20N2/c1-3-7-10(13-12)11(4-2)8-5-6-9-11/h1,10,13H,4-9,12H2,2H3. The first-order valence-electron chi connectivity index (χ1n) is 5.18. The minimum absolute atomic E-state index is 0.310. The Kier molecular flexibility index (Phi) is 3.77. The molecule has 1 aliphatic rings. The molecule has 0 bridgehead atoms. The van der Waals surface area contributed by atoms with Gasteiger partial charge in [-0.25, -0.2) is 0 Å². The van der Waals surface area contributed by atoms with E-state index in [2.05, 4.69) is 18.3 Å². The average Bonchev–Trinajstić information content (AvgIpc) is 2.63. The number of hydrazine groups is 1. The van der Waals surface area contributed by atoms with Crippen LogP contribution in [0.1, 0.15) is 45.4 Å². The summed E-state index contributed by atoms with van der Waals surface area (Å²) in [5, 5.41) is 0. The Morgan fingerprint density at radius 1 is 1.54 bits per heavy atom. The molecule has 0 aromatic rings. The van der Waals surface area contributed by atoms with Gasteiger partial charge in [-0.3, -0.25) is 11.3 Å². The second kappa shape index (κ2) is 4.64. The van der Waals surface area contributed by atoms with Gasteiger partial charge in [-0.05, 0) is 24.7 Å². The molecule has 0 aromatic carbocycles. The van der Waals surface area contributed by atoms with Crippen LogP contribution in [0.3, 0.4) is 0 Å². The summed E-state index contributed by atoms with van der Waals surface area (Å²) in [5.74, 6) is 8.27. The van der Waals surface area contributed by atoms with Crippen LogP contribution in [0.15, 0.2) is 0 Å². The minimum Gasteiger partial charge on any atom is -0.271 e. The fraction of sp³-hybridized carbons (Fsp3) is 0.818. The predicted octanol–water partition coefficient (Wildman–Crippen LogP) is 1.81. The van der Waals surface area contributed by atoms with Crippen LogP contribution in [0.5, 0.6) is 0 Å². The van der Waals surface area contributed by atoms with Crippen molar-refractivity contribution in [1.29, 1.82) is 0 Å². The first-order valence-corrected chi connectivity index (χ1v) is 5.18. The van der Waals surface area contributed by atoms with Gasteiger partial charge < -0.3 is 0 Å². The molecule has 1 rings (SSSR count). The lowest BCUT2D eigenvalue weighted by atomic mass is 9.75. The highest BCUT2D eigenvalue weighted by molar-refractivity contribution is 4.99. The van der Waals surface area contributed by atoms with Crippen molar-refractivity contribution in [3.05, 3.63) is 0 Å². The van der Waals surface area contributed by atoms with Crippen LogP contribution in [0.25, 0.3) is 0 Å². The van der Waals surface area contributed by atoms with E-state index >= 15 is 0 Å². The Bertz CT molecular complexity index is 187. The number of nitrogens with one attached hydrogen (secondary N) is 1. The zero-order valence-electron chi connectivity index (χ0n) is 8.47. The fourth-order valence-corrected chi connectivity index (χ4v) is 2.60. The summed E-state index contributed by atoms with van der Waals surface area (Å²) in [6.07, 6.45) is 12.5. The normalized spacial score (nSPS) is 22.5. The van der Waals surface area contributed by atoms with E-state index in [1.165, 1.54) is 32.1 Å². The molecule has 13 heavy (non-hydrogen) atoms. The van der Waals surface area contributed by atoms with Crippen molar-refractivity contribution >= 4 is 0 Å². The zero-order chi connectivity index (χ0) is 9.73. The van der Waals surface area contributed by atoms with E-state index in [1.807, 2.05) is 0 Å². The van der Waals surface area contributed by atoms with Gasteiger partial charge in [0.05, 0.1) is 0 Å². The maximum Gasteiger partial charge on any atom is 0.0376 e. The molecule has 0 aromatic heterocycles. The largest absolute Gasteiger partial charge is 0.271 e. The van der Waals surface area contributed by atoms with Gasteiger partial charge in [0.15, 0.2) is 0 Å². The third kappa shape index (κ3) is 2.04. The van der Waals surface area contributed by atoms with Crippen molar-refractivity contribution in [2.45, 2.75) is 51.5 Å². The zero-order valence-corrected chi connectivity index (χ0v) is 8.47. The van der Waals surface area contributed by atoms with E-state index in [4.69, 9.17) is 12.3 Å². The second-order valence-corrected chi connectivity index (χ2v) is 4.05. The van der Waals surface area contributed by atoms with Gasteiger partial charge in [0, 0.05) is 12.5 Å². The van der Waals surface area contributed by atoms with Gasteiger partial charge in [-0.2, -0.15) is 0 Å². The molecule has 3 N–H and O–H groups in total. The molecule has 0 aliphatic heterocycles. The highest BCUT2D eigenvalue weighted by atomic mass is 15.2. The molecule has 1 unspecified atom stereocenters. The summed E-state index contributed by atoms with van der Waals surface area (Å²) < 4.78 is 0. The summed E-state index contributed by atoms with van der Waals surface area (Å²) in [6, 6.07) is 0.310. The summed E-state index contributed by atoms with van der Waals surface area (Å²) in [7, 11) is 0. The second-order valence-electron chi connectivity index (χ2n) is 4.05. The van der Waals surface area contributed by atoms with Crippen molar-refractivity contribution < 1.29 is 0 Å². The molecule has 1 aliphatic carbocycles. The number of hydrogen-bond donors (Lipinski definition) is 2. The van der Waals surface area contributed by atoms with Crippen LogP contribution in [-0.4, -0.2) is 6.04 Å². The minimum atomic E-state index is 0.310. The van der Waals surface area contributed by atoms with Crippen LogP contribution in [0, 0.1) is 17.8 Å². The van der Waals surface area contributed by atoms with Crippen molar-refractivity contribution in [2.75, 3.05) is 0 Å². The van der Waals surface area contributed by atoms with Crippen LogP contribution in [-0.2, 0) is 0 Å². The molecule has 0 spiro atoms. The summed E-state index contributed by atoms with van der Waals surface area (Å²) in [4.78, 5) is 0. The molecule has 1 saturated carbocycles. The SMILES string of the molecule is C#CCC(NN)C1(CC)CCCC1. The molecule has 0 amide bonds. The molecule has 2 heteroatoms. The lowest BCUT2D eigenvalue weighted by molar-refractivity contribution is 0.189. The van der Waals surface area contributed by atoms with Crippen molar-refractivity contribution in [3.63, 3.8) is 0 Å². The lowest BCUT2D eigenvalue weighted by Crippen LogP contribution is -2.46. The van der Waals surface area contributed by atoms with Gasteiger partial charge >= 0.3 is 0 Å². The maximum atomic E-state index is 5.55. The number of hydrogen-bond acceptors (Lipinski definition) is 2. The van der Waals surface area contributed by atoms with E-state index < -0.39 is 0 Å². The summed E-state index contributed by atoms with van der Waals surface area (Å²) >= 11 is 0. The summed E-state index contributed by atoms with van der Waals surface area (Å²) in [6.45, 7) is 2.24. The van der Waals surface area contributed by atoms with E-state index in [9.17, 15) is 0 Å². The van der Waals surface area contributed by atoms with Crippen LogP contribution < -0.4 is 11.3 Å². The Morgan fingerprint density at radius 3 is 2.54 bits per heavy atom. The van der Waals surface area contributed by atoms with E-state index in [0.717, 1.165) is 6.42 Å². The third-order valence-electron chi connectivity index (χ3n) is 3.57. The molecule has 1 atom stereocenters. The highest BCUT2D eigenvalue weighted by Crippen LogP contribution is 2.44. The van der Waals surface area contributed by atoms with Crippen LogP contribution in [0.2, 0.25) is 0 Å². The van der Waals surface area contributed by atoms with Gasteiger partial charge in [-0.15, -0.1) is 12.3 Å². The van der Waals surface area contributed by atoms with Crippen molar-refractivity contribution in [1.82, 2.24) is 5.43 Å². The number of nitrogens with two attached hydrogens (primary N) is 1. The highest BCUT2D eigenvalue weighted by Gasteiger charge is 2.38. The molecule has 0 saturated heterocycles. The first kappa shape index (κ1) is 10.6. The average molecular weight is 180 g/mol. The Labute approximate surface area is 81.2 Å². The predicted molar refractivity (Wildman–Crippen MR) is 55.8 cm³/mol. The smallest absolute Gasteiger partial charge is 0.0376 e. The van der Waals surface area contributed by atoms with E-state index in [-0.39, 0.29) is 0 Å². The van der Waals surface area contributed by atoms with Crippen LogP contribution in [0.4, 0.5) is 0 Å². The fourth-order valence-electron chi connectivity index (χ4n) is 2.60. The van der Waals surface area contributed by atoms with Gasteiger partial charge in [-0.1, -0.05) is 19.8 Å². The van der Waals surface area contributed by atoms with Crippen molar-refractivity contribution in [3.8, 4) is 12.3 Å². The topological polar surface area (TPSA) is 38.0 Å². The van der Waals surface area contributed by atoms with Gasteiger partial charge in [0.2, 0.25) is 0 Å². The summed E-state index contributed by atoms with van der Waals surface area (Å²) in [5.41, 5.74) is 3.27. The first-order chi connectivity index (χ1) is 6.29. The molecular formula is C11H20N2. The Hall–Kier alpha value is -0.520. The van der Waals surface area contributed by atoms with E-state index in [1.54, 1.807) is 0 Å². The molecule has 0 heterocycles. The molecule has 0 radical (unpaired) electrons. The monoisotopic (exact) mass is 180 g/mol. The van der Waals surface area contributed by atoms with Gasteiger partial charge in [0.1, 0.15) is 0 Å². The Balaban J connectivity index is 2.67. The van der Waals surface area contributed by atoms with Gasteiger partial charge in [0.25, 0.3) is 0 Å². The third-order valence-corrected chi connectivity index (χ3v) is 3.57. The molecular weight excluding hydrogens is 160 g/mol.